The van der Waals surface area contributed by atoms with Crippen LogP contribution in [0.1, 0.15) is 63.3 Å². The molecular weight excluding hydrogens is 412 g/mol. The molecule has 2 aromatic heterocycles. The smallest absolute Gasteiger partial charge is 0.254 e. The van der Waals surface area contributed by atoms with E-state index < -0.39 is 5.92 Å². The molecule has 1 fully saturated rings. The third-order valence-electron chi connectivity index (χ3n) is 6.23. The first-order valence-electron chi connectivity index (χ1n) is 10.5. The molecule has 1 aromatic carbocycles. The van der Waals surface area contributed by atoms with Gasteiger partial charge in [0.05, 0.1) is 18.5 Å². The van der Waals surface area contributed by atoms with Crippen molar-refractivity contribution in [2.24, 2.45) is 0 Å². The van der Waals surface area contributed by atoms with Gasteiger partial charge in [-0.05, 0) is 47.4 Å². The first-order chi connectivity index (χ1) is 14.7. The highest BCUT2D eigenvalue weighted by Gasteiger charge is 2.47. The van der Waals surface area contributed by atoms with E-state index in [4.69, 9.17) is 0 Å². The van der Waals surface area contributed by atoms with Gasteiger partial charge in [0, 0.05) is 21.4 Å². The predicted molar refractivity (Wildman–Crippen MR) is 121 cm³/mol. The minimum Gasteiger partial charge on any atom is -0.351 e. The van der Waals surface area contributed by atoms with Crippen molar-refractivity contribution >= 4 is 34.5 Å². The van der Waals surface area contributed by atoms with Crippen molar-refractivity contribution < 1.29 is 9.59 Å². The van der Waals surface area contributed by atoms with Gasteiger partial charge in [-0.15, -0.1) is 22.7 Å². The molecule has 3 heterocycles. The van der Waals surface area contributed by atoms with Crippen molar-refractivity contribution in [1.82, 2.24) is 10.2 Å². The molecule has 5 rings (SSSR count). The highest BCUT2D eigenvalue weighted by Crippen LogP contribution is 2.47. The molecule has 30 heavy (non-hydrogen) atoms. The molecule has 0 spiro atoms. The van der Waals surface area contributed by atoms with E-state index >= 15 is 0 Å². The van der Waals surface area contributed by atoms with Gasteiger partial charge in [-0.2, -0.15) is 0 Å². The minimum absolute atomic E-state index is 0.00949. The summed E-state index contributed by atoms with van der Waals surface area (Å²) >= 11 is 3.27. The fourth-order valence-electron chi connectivity index (χ4n) is 4.88. The Balaban J connectivity index is 1.57. The van der Waals surface area contributed by atoms with Crippen molar-refractivity contribution in [3.8, 4) is 0 Å². The van der Waals surface area contributed by atoms with Crippen LogP contribution in [0.25, 0.3) is 0 Å². The molecule has 0 saturated heterocycles. The molecule has 0 bridgehead atoms. The Labute approximate surface area is 184 Å². The van der Waals surface area contributed by atoms with Crippen LogP contribution in [0.15, 0.2) is 59.3 Å². The van der Waals surface area contributed by atoms with Gasteiger partial charge in [0.25, 0.3) is 5.91 Å². The van der Waals surface area contributed by atoms with Crippen LogP contribution in [0.4, 0.5) is 0 Å². The normalized spacial score (nSPS) is 21.6. The third-order valence-corrected chi connectivity index (χ3v) is 8.05. The van der Waals surface area contributed by atoms with Crippen LogP contribution in [-0.4, -0.2) is 22.8 Å². The number of rotatable bonds is 5. The number of nitrogens with one attached hydrogen (secondary N) is 1. The van der Waals surface area contributed by atoms with E-state index in [9.17, 15) is 9.59 Å². The number of amides is 2. The van der Waals surface area contributed by atoms with Gasteiger partial charge in [0.1, 0.15) is 0 Å². The van der Waals surface area contributed by atoms with E-state index in [1.54, 1.807) is 22.7 Å². The number of fused-ring (bicyclic) bond motifs is 1. The monoisotopic (exact) mass is 436 g/mol. The van der Waals surface area contributed by atoms with E-state index in [0.717, 1.165) is 41.0 Å². The Hall–Kier alpha value is -2.44. The lowest BCUT2D eigenvalue weighted by Crippen LogP contribution is -2.50. The predicted octanol–water partition coefficient (Wildman–Crippen LogP) is 5.35. The Morgan fingerprint density at radius 1 is 1.00 bits per heavy atom. The topological polar surface area (TPSA) is 49.4 Å². The average Bonchev–Trinajstić information content (AvgIpc) is 3.55. The van der Waals surface area contributed by atoms with Crippen molar-refractivity contribution in [2.75, 3.05) is 0 Å². The molecule has 154 valence electrons. The summed E-state index contributed by atoms with van der Waals surface area (Å²) in [5, 5.41) is 7.21. The largest absolute Gasteiger partial charge is 0.351 e. The zero-order chi connectivity index (χ0) is 20.5. The second-order valence-corrected chi connectivity index (χ2v) is 9.98. The third kappa shape index (κ3) is 3.48. The van der Waals surface area contributed by atoms with Crippen LogP contribution >= 0.6 is 22.7 Å². The van der Waals surface area contributed by atoms with Crippen LogP contribution < -0.4 is 5.32 Å². The number of nitrogens with zero attached hydrogens (tertiary/aromatic N) is 1. The van der Waals surface area contributed by atoms with Gasteiger partial charge in [0.2, 0.25) is 5.91 Å². The average molecular weight is 437 g/mol. The van der Waals surface area contributed by atoms with Crippen LogP contribution in [-0.2, 0) is 11.3 Å². The summed E-state index contributed by atoms with van der Waals surface area (Å²) in [5.74, 6) is -0.346. The standard InChI is InChI=1S/C24H24N2O2S2/c27-23(25-15-17-9-5-13-29-17)21-18-10-3-4-11-19(18)24(28)26(16-7-1-2-8-16)22(21)20-12-6-14-30-20/h3-6,9-14,16,21-22H,1-2,7-8,15H2,(H,25,27)/t21-,22-/m0/s1. The van der Waals surface area contributed by atoms with Gasteiger partial charge in [-0.3, -0.25) is 9.59 Å². The summed E-state index contributed by atoms with van der Waals surface area (Å²) in [4.78, 5) is 31.5. The minimum atomic E-state index is -0.405. The highest BCUT2D eigenvalue weighted by molar-refractivity contribution is 7.10. The zero-order valence-electron chi connectivity index (χ0n) is 16.6. The SMILES string of the molecule is O=C(NCc1cccs1)[C@H]1c2ccccc2C(=O)N(C2CCCC2)[C@H]1c1cccs1. The summed E-state index contributed by atoms with van der Waals surface area (Å²) in [5.41, 5.74) is 1.52. The van der Waals surface area contributed by atoms with Crippen LogP contribution in [0.5, 0.6) is 0 Å². The summed E-state index contributed by atoms with van der Waals surface area (Å²) in [6, 6.07) is 15.7. The Morgan fingerprint density at radius 2 is 1.77 bits per heavy atom. The highest BCUT2D eigenvalue weighted by atomic mass is 32.1. The number of hydrogen-bond acceptors (Lipinski definition) is 4. The second kappa shape index (κ2) is 8.36. The maximum Gasteiger partial charge on any atom is 0.254 e. The summed E-state index contributed by atoms with van der Waals surface area (Å²) in [6.45, 7) is 0.518. The summed E-state index contributed by atoms with van der Waals surface area (Å²) in [7, 11) is 0. The van der Waals surface area contributed by atoms with Gasteiger partial charge < -0.3 is 10.2 Å². The van der Waals surface area contributed by atoms with Crippen LogP contribution in [0, 0.1) is 0 Å². The van der Waals surface area contributed by atoms with Crippen molar-refractivity contribution in [3.05, 3.63) is 80.2 Å². The molecule has 1 aliphatic heterocycles. The quantitative estimate of drug-likeness (QED) is 0.586. The van der Waals surface area contributed by atoms with Gasteiger partial charge in [-0.25, -0.2) is 0 Å². The lowest BCUT2D eigenvalue weighted by Gasteiger charge is -2.44. The summed E-state index contributed by atoms with van der Waals surface area (Å²) < 4.78 is 0. The van der Waals surface area contributed by atoms with Gasteiger partial charge in [-0.1, -0.05) is 43.2 Å². The van der Waals surface area contributed by atoms with E-state index in [0.29, 0.717) is 12.1 Å². The maximum atomic E-state index is 13.6. The Bertz CT molecular complexity index is 1020. The lowest BCUT2D eigenvalue weighted by atomic mass is 9.80. The molecular formula is C24H24N2O2S2. The molecule has 3 aromatic rings. The molecule has 0 radical (unpaired) electrons. The molecule has 2 amide bonds. The lowest BCUT2D eigenvalue weighted by molar-refractivity contribution is -0.124. The Kier molecular flexibility index (Phi) is 5.44. The fraction of sp³-hybridized carbons (Fsp3) is 0.333. The molecule has 4 nitrogen and oxygen atoms in total. The zero-order valence-corrected chi connectivity index (χ0v) is 18.3. The maximum absolute atomic E-state index is 13.6. The fourth-order valence-corrected chi connectivity index (χ4v) is 6.38. The second-order valence-electron chi connectivity index (χ2n) is 7.97. The molecule has 6 heteroatoms. The molecule has 1 N–H and O–H groups in total. The Morgan fingerprint density at radius 3 is 2.50 bits per heavy atom. The molecule has 0 unspecified atom stereocenters. The number of thiophene rings is 2. The van der Waals surface area contributed by atoms with Crippen molar-refractivity contribution in [2.45, 2.75) is 50.2 Å². The molecule has 2 atom stereocenters. The molecule has 2 aliphatic rings. The van der Waals surface area contributed by atoms with Crippen molar-refractivity contribution in [3.63, 3.8) is 0 Å². The molecule has 1 saturated carbocycles. The van der Waals surface area contributed by atoms with Crippen LogP contribution in [0.3, 0.4) is 0 Å². The van der Waals surface area contributed by atoms with E-state index in [2.05, 4.69) is 11.4 Å². The number of carbonyl (C=O) groups excluding carboxylic acids is 2. The number of benzene rings is 1. The number of carbonyl (C=O) groups is 2. The van der Waals surface area contributed by atoms with E-state index in [-0.39, 0.29) is 23.9 Å². The molecule has 1 aliphatic carbocycles. The number of hydrogen-bond donors (Lipinski definition) is 1. The summed E-state index contributed by atoms with van der Waals surface area (Å²) in [6.07, 6.45) is 4.31. The van der Waals surface area contributed by atoms with Gasteiger partial charge in [0.15, 0.2) is 0 Å². The van der Waals surface area contributed by atoms with E-state index in [1.165, 1.54) is 0 Å². The van der Waals surface area contributed by atoms with E-state index in [1.807, 2.05) is 58.1 Å². The first kappa shape index (κ1) is 19.5. The first-order valence-corrected chi connectivity index (χ1v) is 12.2. The van der Waals surface area contributed by atoms with Gasteiger partial charge >= 0.3 is 0 Å². The van der Waals surface area contributed by atoms with Crippen molar-refractivity contribution in [1.29, 1.82) is 0 Å². The van der Waals surface area contributed by atoms with Crippen LogP contribution in [0.2, 0.25) is 0 Å².